The summed E-state index contributed by atoms with van der Waals surface area (Å²) in [4.78, 5) is 0. The lowest BCUT2D eigenvalue weighted by Gasteiger charge is -2.15. The number of nitrogens with two attached hydrogens (primary N) is 1. The number of rotatable bonds is 5. The van der Waals surface area contributed by atoms with Gasteiger partial charge in [0.05, 0.1) is 12.4 Å². The van der Waals surface area contributed by atoms with Crippen molar-refractivity contribution in [3.8, 4) is 5.75 Å². The van der Waals surface area contributed by atoms with Gasteiger partial charge >= 0.3 is 0 Å². The molecule has 0 radical (unpaired) electrons. The first-order chi connectivity index (χ1) is 8.67. The predicted molar refractivity (Wildman–Crippen MR) is 75.3 cm³/mol. The molecule has 1 aliphatic carbocycles. The van der Waals surface area contributed by atoms with Crippen LogP contribution in [0, 0.1) is 0 Å². The molecule has 100 valence electrons. The standard InChI is InChI=1S/C14H21NO2S/c1-3-4-7-18(16)13-8-10-5-6-11(17-2)9-12(10)14(13)15/h5-6,9,13-14H,3-4,7-8,15H2,1-2H3. The van der Waals surface area contributed by atoms with E-state index in [1.807, 2.05) is 18.2 Å². The minimum Gasteiger partial charge on any atom is -0.497 e. The summed E-state index contributed by atoms with van der Waals surface area (Å²) in [7, 11) is 0.826. The van der Waals surface area contributed by atoms with Gasteiger partial charge in [-0.15, -0.1) is 0 Å². The van der Waals surface area contributed by atoms with Crippen LogP contribution < -0.4 is 10.5 Å². The van der Waals surface area contributed by atoms with Gasteiger partial charge < -0.3 is 10.5 Å². The molecule has 0 saturated carbocycles. The van der Waals surface area contributed by atoms with E-state index in [9.17, 15) is 4.21 Å². The Morgan fingerprint density at radius 1 is 1.50 bits per heavy atom. The zero-order valence-corrected chi connectivity index (χ0v) is 11.8. The molecule has 18 heavy (non-hydrogen) atoms. The first-order valence-electron chi connectivity index (χ1n) is 6.47. The molecule has 0 spiro atoms. The van der Waals surface area contributed by atoms with Gasteiger partial charge in [-0.1, -0.05) is 19.4 Å². The molecule has 1 aliphatic rings. The Labute approximate surface area is 111 Å². The molecule has 0 heterocycles. The van der Waals surface area contributed by atoms with E-state index in [-0.39, 0.29) is 11.3 Å². The maximum atomic E-state index is 12.2. The monoisotopic (exact) mass is 267 g/mol. The minimum atomic E-state index is -0.826. The third-order valence-electron chi connectivity index (χ3n) is 3.57. The molecule has 3 atom stereocenters. The number of hydrogen-bond acceptors (Lipinski definition) is 3. The summed E-state index contributed by atoms with van der Waals surface area (Å²) in [5.74, 6) is 1.59. The molecule has 0 aromatic heterocycles. The van der Waals surface area contributed by atoms with E-state index in [2.05, 4.69) is 6.92 Å². The average molecular weight is 267 g/mol. The van der Waals surface area contributed by atoms with Gasteiger partial charge in [-0.25, -0.2) is 0 Å². The molecule has 0 saturated heterocycles. The highest BCUT2D eigenvalue weighted by Gasteiger charge is 2.33. The number of methoxy groups -OCH3 is 1. The van der Waals surface area contributed by atoms with Gasteiger partial charge in [-0.05, 0) is 36.1 Å². The number of benzene rings is 1. The van der Waals surface area contributed by atoms with Crippen LogP contribution in [0.5, 0.6) is 5.75 Å². The Morgan fingerprint density at radius 2 is 2.28 bits per heavy atom. The quantitative estimate of drug-likeness (QED) is 0.889. The Kier molecular flexibility index (Phi) is 4.40. The van der Waals surface area contributed by atoms with E-state index >= 15 is 0 Å². The summed E-state index contributed by atoms with van der Waals surface area (Å²) in [5, 5.41) is 0.0682. The molecule has 3 unspecified atom stereocenters. The molecule has 1 aromatic carbocycles. The highest BCUT2D eigenvalue weighted by atomic mass is 32.2. The van der Waals surface area contributed by atoms with Crippen molar-refractivity contribution in [2.75, 3.05) is 12.9 Å². The molecular formula is C14H21NO2S. The fraction of sp³-hybridized carbons (Fsp3) is 0.571. The van der Waals surface area contributed by atoms with Gasteiger partial charge in [0.25, 0.3) is 0 Å². The fourth-order valence-corrected chi connectivity index (χ4v) is 4.15. The van der Waals surface area contributed by atoms with E-state index in [1.54, 1.807) is 7.11 Å². The normalized spacial score (nSPS) is 23.7. The number of fused-ring (bicyclic) bond motifs is 1. The lowest BCUT2D eigenvalue weighted by molar-refractivity contribution is 0.414. The van der Waals surface area contributed by atoms with Crippen molar-refractivity contribution < 1.29 is 8.95 Å². The summed E-state index contributed by atoms with van der Waals surface area (Å²) < 4.78 is 17.5. The van der Waals surface area contributed by atoms with Crippen molar-refractivity contribution in [1.29, 1.82) is 0 Å². The van der Waals surface area contributed by atoms with Crippen LogP contribution in [0.2, 0.25) is 0 Å². The van der Waals surface area contributed by atoms with Crippen LogP contribution >= 0.6 is 0 Å². The van der Waals surface area contributed by atoms with Crippen LogP contribution in [0.3, 0.4) is 0 Å². The van der Waals surface area contributed by atoms with E-state index < -0.39 is 10.8 Å². The largest absolute Gasteiger partial charge is 0.497 e. The van der Waals surface area contributed by atoms with Gasteiger partial charge in [0.2, 0.25) is 0 Å². The van der Waals surface area contributed by atoms with Crippen LogP contribution in [-0.4, -0.2) is 22.3 Å². The third-order valence-corrected chi connectivity index (χ3v) is 5.40. The van der Waals surface area contributed by atoms with Gasteiger partial charge in [-0.3, -0.25) is 4.21 Å². The van der Waals surface area contributed by atoms with Crippen LogP contribution in [-0.2, 0) is 17.2 Å². The van der Waals surface area contributed by atoms with Crippen molar-refractivity contribution in [1.82, 2.24) is 0 Å². The molecule has 1 aromatic rings. The molecule has 0 aliphatic heterocycles. The number of hydrogen-bond donors (Lipinski definition) is 1. The fourth-order valence-electron chi connectivity index (χ4n) is 2.43. The molecule has 0 bridgehead atoms. The van der Waals surface area contributed by atoms with Gasteiger partial charge in [0.1, 0.15) is 5.75 Å². The Morgan fingerprint density at radius 3 is 2.94 bits per heavy atom. The topological polar surface area (TPSA) is 52.3 Å². The third kappa shape index (κ3) is 2.59. The Balaban J connectivity index is 2.14. The minimum absolute atomic E-state index is 0.0682. The van der Waals surface area contributed by atoms with Crippen LogP contribution in [0.15, 0.2) is 18.2 Å². The maximum absolute atomic E-state index is 12.2. The molecule has 0 amide bonds. The maximum Gasteiger partial charge on any atom is 0.119 e. The summed E-state index contributed by atoms with van der Waals surface area (Å²) in [5.41, 5.74) is 8.56. The Hall–Kier alpha value is -0.870. The number of unbranched alkanes of at least 4 members (excludes halogenated alkanes) is 1. The van der Waals surface area contributed by atoms with E-state index in [0.717, 1.165) is 36.3 Å². The average Bonchev–Trinajstić information content (AvgIpc) is 2.73. The summed E-state index contributed by atoms with van der Waals surface area (Å²) in [6.45, 7) is 2.12. The Bertz CT molecular complexity index is 447. The highest BCUT2D eigenvalue weighted by molar-refractivity contribution is 7.85. The van der Waals surface area contributed by atoms with Crippen LogP contribution in [0.1, 0.15) is 36.9 Å². The zero-order chi connectivity index (χ0) is 13.1. The number of ether oxygens (including phenoxy) is 1. The van der Waals surface area contributed by atoms with Crippen LogP contribution in [0.4, 0.5) is 0 Å². The van der Waals surface area contributed by atoms with Crippen molar-refractivity contribution in [3.05, 3.63) is 29.3 Å². The summed E-state index contributed by atoms with van der Waals surface area (Å²) >= 11 is 0. The molecule has 2 N–H and O–H groups in total. The van der Waals surface area contributed by atoms with Crippen molar-refractivity contribution in [2.45, 2.75) is 37.5 Å². The molecule has 2 rings (SSSR count). The van der Waals surface area contributed by atoms with E-state index in [4.69, 9.17) is 10.5 Å². The van der Waals surface area contributed by atoms with Gasteiger partial charge in [0, 0.05) is 22.6 Å². The molecular weight excluding hydrogens is 246 g/mol. The second-order valence-corrected chi connectivity index (χ2v) is 6.55. The molecule has 4 heteroatoms. The van der Waals surface area contributed by atoms with Crippen molar-refractivity contribution in [2.24, 2.45) is 5.73 Å². The lowest BCUT2D eigenvalue weighted by Crippen LogP contribution is -2.28. The summed E-state index contributed by atoms with van der Waals surface area (Å²) in [6, 6.07) is 5.86. The predicted octanol–water partition coefficient (Wildman–Crippen LogP) is 2.17. The van der Waals surface area contributed by atoms with E-state index in [1.165, 1.54) is 5.56 Å². The van der Waals surface area contributed by atoms with Crippen molar-refractivity contribution in [3.63, 3.8) is 0 Å². The lowest BCUT2D eigenvalue weighted by atomic mass is 10.1. The highest BCUT2D eigenvalue weighted by Crippen LogP contribution is 2.35. The van der Waals surface area contributed by atoms with E-state index in [0.29, 0.717) is 0 Å². The molecule has 0 fully saturated rings. The summed E-state index contributed by atoms with van der Waals surface area (Å²) in [6.07, 6.45) is 2.92. The molecule has 3 nitrogen and oxygen atoms in total. The first kappa shape index (κ1) is 13.6. The van der Waals surface area contributed by atoms with Gasteiger partial charge in [-0.2, -0.15) is 0 Å². The van der Waals surface area contributed by atoms with Gasteiger partial charge in [0.15, 0.2) is 0 Å². The zero-order valence-electron chi connectivity index (χ0n) is 11.0. The second kappa shape index (κ2) is 5.85. The van der Waals surface area contributed by atoms with Crippen LogP contribution in [0.25, 0.3) is 0 Å². The smallest absolute Gasteiger partial charge is 0.119 e. The first-order valence-corrected chi connectivity index (χ1v) is 7.85. The second-order valence-electron chi connectivity index (χ2n) is 4.77. The van der Waals surface area contributed by atoms with Crippen molar-refractivity contribution >= 4 is 10.8 Å². The SMILES string of the molecule is CCCCS(=O)C1Cc2ccc(OC)cc2C1N.